The van der Waals surface area contributed by atoms with Gasteiger partial charge in [-0.25, -0.2) is 0 Å². The van der Waals surface area contributed by atoms with Crippen LogP contribution in [0.3, 0.4) is 0 Å². The molecule has 9 heteroatoms. The molecule has 0 unspecified atom stereocenters. The number of methoxy groups -OCH3 is 1. The molecule has 0 fully saturated rings. The van der Waals surface area contributed by atoms with Crippen molar-refractivity contribution in [1.29, 1.82) is 0 Å². The minimum absolute atomic E-state index is 0. The Morgan fingerprint density at radius 2 is 1.92 bits per heavy atom. The molecule has 0 atom stereocenters. The number of hydrogen-bond donors (Lipinski definition) is 2. The number of benzene rings is 1. The molecule has 0 saturated heterocycles. The second-order valence-corrected chi connectivity index (χ2v) is 5.28. The fourth-order valence-corrected chi connectivity index (χ4v) is 2.18. The van der Waals surface area contributed by atoms with E-state index in [1.54, 1.807) is 7.05 Å². The maximum absolute atomic E-state index is 13.2. The number of guanidine groups is 1. The van der Waals surface area contributed by atoms with Gasteiger partial charge in [0.1, 0.15) is 5.75 Å². The summed E-state index contributed by atoms with van der Waals surface area (Å²) in [5.41, 5.74) is -0.584. The molecule has 0 aliphatic heterocycles. The van der Waals surface area contributed by atoms with Crippen LogP contribution in [0.25, 0.3) is 0 Å². The van der Waals surface area contributed by atoms with Crippen LogP contribution in [0.1, 0.15) is 30.9 Å². The van der Waals surface area contributed by atoms with Gasteiger partial charge >= 0.3 is 6.18 Å². The fourth-order valence-electron chi connectivity index (χ4n) is 2.18. The van der Waals surface area contributed by atoms with Crippen molar-refractivity contribution in [1.82, 2.24) is 10.6 Å². The number of nitrogens with one attached hydrogen (secondary N) is 2. The van der Waals surface area contributed by atoms with Crippen molar-refractivity contribution in [3.63, 3.8) is 0 Å². The third-order valence-electron chi connectivity index (χ3n) is 3.50. The molecule has 1 aromatic carbocycles. The van der Waals surface area contributed by atoms with Gasteiger partial charge in [0.15, 0.2) is 5.96 Å². The summed E-state index contributed by atoms with van der Waals surface area (Å²) in [5.74, 6) is 0.633. The van der Waals surface area contributed by atoms with Gasteiger partial charge in [0, 0.05) is 33.4 Å². The highest BCUT2D eigenvalue weighted by Gasteiger charge is 2.33. The van der Waals surface area contributed by atoms with E-state index >= 15 is 0 Å². The van der Waals surface area contributed by atoms with Crippen LogP contribution in [0.4, 0.5) is 13.2 Å². The Morgan fingerprint density at radius 1 is 1.19 bits per heavy atom. The molecule has 1 rings (SSSR count). The molecule has 0 radical (unpaired) electrons. The summed E-state index contributed by atoms with van der Waals surface area (Å²) in [6, 6.07) is 3.92. The highest BCUT2D eigenvalue weighted by Crippen LogP contribution is 2.34. The molecule has 0 amide bonds. The van der Waals surface area contributed by atoms with Crippen molar-refractivity contribution >= 4 is 29.9 Å². The van der Waals surface area contributed by atoms with Gasteiger partial charge in [-0.1, -0.05) is 6.07 Å². The Hall–Kier alpha value is -1.23. The Kier molecular flexibility index (Phi) is 12.4. The van der Waals surface area contributed by atoms with Crippen molar-refractivity contribution in [2.45, 2.75) is 32.5 Å². The lowest BCUT2D eigenvalue weighted by Gasteiger charge is -2.16. The standard InChI is InChI=1S/C17H26F3N3O2.HI/c1-4-25-10-6-5-9-22-16(21-2)23-12-13-7-8-14(24-3)11-15(13)17(18,19)20;/h7-8,11H,4-6,9-10,12H2,1-3H3,(H2,21,22,23);1H. The van der Waals surface area contributed by atoms with E-state index < -0.39 is 11.7 Å². The predicted molar refractivity (Wildman–Crippen MR) is 107 cm³/mol. The van der Waals surface area contributed by atoms with E-state index in [9.17, 15) is 13.2 Å². The van der Waals surface area contributed by atoms with Crippen LogP contribution >= 0.6 is 24.0 Å². The van der Waals surface area contributed by atoms with Crippen molar-refractivity contribution in [3.05, 3.63) is 29.3 Å². The molecular formula is C17H27F3IN3O2. The molecule has 26 heavy (non-hydrogen) atoms. The first-order valence-corrected chi connectivity index (χ1v) is 8.18. The monoisotopic (exact) mass is 489 g/mol. The first-order valence-electron chi connectivity index (χ1n) is 8.18. The Bertz CT molecular complexity index is 555. The Labute approximate surface area is 169 Å². The molecule has 0 saturated carbocycles. The third-order valence-corrected chi connectivity index (χ3v) is 3.50. The van der Waals surface area contributed by atoms with Crippen molar-refractivity contribution in [3.8, 4) is 5.75 Å². The van der Waals surface area contributed by atoms with E-state index in [2.05, 4.69) is 15.6 Å². The molecule has 0 heterocycles. The van der Waals surface area contributed by atoms with Gasteiger partial charge in [0.2, 0.25) is 0 Å². The molecule has 2 N–H and O–H groups in total. The van der Waals surface area contributed by atoms with E-state index in [1.807, 2.05) is 6.92 Å². The lowest BCUT2D eigenvalue weighted by atomic mass is 10.1. The maximum Gasteiger partial charge on any atom is 0.416 e. The predicted octanol–water partition coefficient (Wildman–Crippen LogP) is 3.81. The molecule has 0 aliphatic rings. The average molecular weight is 489 g/mol. The third kappa shape index (κ3) is 8.93. The number of ether oxygens (including phenoxy) is 2. The highest BCUT2D eigenvalue weighted by molar-refractivity contribution is 14.0. The maximum atomic E-state index is 13.2. The van der Waals surface area contributed by atoms with Crippen molar-refractivity contribution in [2.75, 3.05) is 33.9 Å². The lowest BCUT2D eigenvalue weighted by molar-refractivity contribution is -0.138. The van der Waals surface area contributed by atoms with Gasteiger partial charge < -0.3 is 20.1 Å². The zero-order valence-corrected chi connectivity index (χ0v) is 17.6. The molecule has 0 aromatic heterocycles. The smallest absolute Gasteiger partial charge is 0.416 e. The number of alkyl halides is 3. The van der Waals surface area contributed by atoms with E-state index in [0.717, 1.165) is 18.9 Å². The normalized spacial score (nSPS) is 11.7. The van der Waals surface area contributed by atoms with Gasteiger partial charge in [-0.2, -0.15) is 13.2 Å². The number of aliphatic imine (C=N–C) groups is 1. The van der Waals surface area contributed by atoms with Crippen LogP contribution in [-0.4, -0.2) is 39.9 Å². The van der Waals surface area contributed by atoms with Crippen molar-refractivity contribution < 1.29 is 22.6 Å². The van der Waals surface area contributed by atoms with Gasteiger partial charge in [0.25, 0.3) is 0 Å². The average Bonchev–Trinajstić information content (AvgIpc) is 2.59. The summed E-state index contributed by atoms with van der Waals surface area (Å²) in [4.78, 5) is 4.02. The second kappa shape index (κ2) is 13.0. The number of unbranched alkanes of at least 4 members (excludes halogenated alkanes) is 1. The molecule has 0 spiro atoms. The summed E-state index contributed by atoms with van der Waals surface area (Å²) < 4.78 is 49.7. The van der Waals surface area contributed by atoms with E-state index in [0.29, 0.717) is 25.7 Å². The van der Waals surface area contributed by atoms with Gasteiger partial charge in [-0.15, -0.1) is 24.0 Å². The topological polar surface area (TPSA) is 54.9 Å². The molecule has 0 bridgehead atoms. The number of halogens is 4. The summed E-state index contributed by atoms with van der Waals surface area (Å²) in [6.45, 7) is 4.02. The second-order valence-electron chi connectivity index (χ2n) is 5.28. The largest absolute Gasteiger partial charge is 0.497 e. The number of rotatable bonds is 9. The fraction of sp³-hybridized carbons (Fsp3) is 0.588. The first-order chi connectivity index (χ1) is 11.9. The van der Waals surface area contributed by atoms with Crippen LogP contribution in [0.15, 0.2) is 23.2 Å². The summed E-state index contributed by atoms with van der Waals surface area (Å²) >= 11 is 0. The molecule has 1 aromatic rings. The summed E-state index contributed by atoms with van der Waals surface area (Å²) in [6.07, 6.45) is -2.65. The van der Waals surface area contributed by atoms with Gasteiger partial charge in [0.05, 0.1) is 12.7 Å². The molecule has 0 aliphatic carbocycles. The minimum atomic E-state index is -4.44. The van der Waals surface area contributed by atoms with E-state index in [-0.39, 0.29) is 41.8 Å². The summed E-state index contributed by atoms with van der Waals surface area (Å²) in [7, 11) is 2.92. The van der Waals surface area contributed by atoms with Crippen LogP contribution in [0.5, 0.6) is 5.75 Å². The first kappa shape index (κ1) is 24.8. The van der Waals surface area contributed by atoms with Crippen LogP contribution < -0.4 is 15.4 Å². The zero-order chi connectivity index (χ0) is 18.7. The van der Waals surface area contributed by atoms with Gasteiger partial charge in [-0.3, -0.25) is 4.99 Å². The van der Waals surface area contributed by atoms with Gasteiger partial charge in [-0.05, 0) is 37.5 Å². The minimum Gasteiger partial charge on any atom is -0.497 e. The van der Waals surface area contributed by atoms with E-state index in [4.69, 9.17) is 9.47 Å². The Morgan fingerprint density at radius 3 is 2.50 bits per heavy atom. The molecule has 5 nitrogen and oxygen atoms in total. The van der Waals surface area contributed by atoms with E-state index in [1.165, 1.54) is 19.2 Å². The molecular weight excluding hydrogens is 462 g/mol. The highest BCUT2D eigenvalue weighted by atomic mass is 127. The zero-order valence-electron chi connectivity index (χ0n) is 15.3. The SMILES string of the molecule is CCOCCCCNC(=NC)NCc1ccc(OC)cc1C(F)(F)F.I. The summed E-state index contributed by atoms with van der Waals surface area (Å²) in [5, 5.41) is 5.98. The molecule has 150 valence electrons. The quantitative estimate of drug-likeness (QED) is 0.240. The lowest BCUT2D eigenvalue weighted by Crippen LogP contribution is -2.37. The van der Waals surface area contributed by atoms with Crippen LogP contribution in [0.2, 0.25) is 0 Å². The van der Waals surface area contributed by atoms with Crippen molar-refractivity contribution in [2.24, 2.45) is 4.99 Å². The Balaban J connectivity index is 0.00000625. The number of nitrogens with zero attached hydrogens (tertiary/aromatic N) is 1. The van der Waals surface area contributed by atoms with Crippen LogP contribution in [-0.2, 0) is 17.5 Å². The van der Waals surface area contributed by atoms with Crippen LogP contribution in [0, 0.1) is 0 Å². The number of hydrogen-bond acceptors (Lipinski definition) is 3.